The van der Waals surface area contributed by atoms with Gasteiger partial charge in [0.05, 0.1) is 6.10 Å². The van der Waals surface area contributed by atoms with E-state index < -0.39 is 6.10 Å². The van der Waals surface area contributed by atoms with Gasteiger partial charge in [0.25, 0.3) is 0 Å². The third-order valence-electron chi connectivity index (χ3n) is 3.71. The fraction of sp³-hybridized carbons (Fsp3) is 0.294. The Morgan fingerprint density at radius 1 is 1.00 bits per heavy atom. The van der Waals surface area contributed by atoms with Crippen molar-refractivity contribution < 1.29 is 5.11 Å². The largest absolute Gasteiger partial charge is 0.388 e. The second-order valence-corrected chi connectivity index (χ2v) is 5.45. The van der Waals surface area contributed by atoms with Crippen LogP contribution in [-0.4, -0.2) is 5.11 Å². The quantitative estimate of drug-likeness (QED) is 0.871. The number of hydrogen-bond donors (Lipinski definition) is 1. The lowest BCUT2D eigenvalue weighted by molar-refractivity contribution is 0.177. The molecule has 1 unspecified atom stereocenters. The summed E-state index contributed by atoms with van der Waals surface area (Å²) in [6.45, 7) is 6.12. The van der Waals surface area contributed by atoms with Crippen LogP contribution in [0.2, 0.25) is 5.02 Å². The van der Waals surface area contributed by atoms with Gasteiger partial charge in [-0.3, -0.25) is 0 Å². The van der Waals surface area contributed by atoms with Crippen LogP contribution in [0.15, 0.2) is 36.4 Å². The fourth-order valence-electron chi connectivity index (χ4n) is 2.46. The summed E-state index contributed by atoms with van der Waals surface area (Å²) >= 11 is 6.11. The third kappa shape index (κ3) is 2.99. The number of aryl methyl sites for hydroxylation is 2. The maximum absolute atomic E-state index is 10.5. The summed E-state index contributed by atoms with van der Waals surface area (Å²) in [5, 5.41) is 11.2. The van der Waals surface area contributed by atoms with E-state index in [2.05, 4.69) is 26.0 Å². The standard InChI is InChI=1S/C17H19ClO/c1-11-6-4-7-12(2)15(11)10-17(19)14-8-5-9-16(18)13(14)3/h4-9,17,19H,10H2,1-3H3. The van der Waals surface area contributed by atoms with Crippen molar-refractivity contribution in [1.82, 2.24) is 0 Å². The van der Waals surface area contributed by atoms with Gasteiger partial charge in [-0.2, -0.15) is 0 Å². The van der Waals surface area contributed by atoms with Crippen molar-refractivity contribution in [2.24, 2.45) is 0 Å². The Hall–Kier alpha value is -1.31. The molecule has 0 saturated heterocycles. The maximum atomic E-state index is 10.5. The van der Waals surface area contributed by atoms with Crippen LogP contribution in [0.25, 0.3) is 0 Å². The number of aliphatic hydroxyl groups excluding tert-OH is 1. The molecule has 0 aliphatic carbocycles. The minimum atomic E-state index is -0.515. The highest BCUT2D eigenvalue weighted by molar-refractivity contribution is 6.31. The predicted molar refractivity (Wildman–Crippen MR) is 80.8 cm³/mol. The van der Waals surface area contributed by atoms with Gasteiger partial charge in [-0.25, -0.2) is 0 Å². The number of rotatable bonds is 3. The van der Waals surface area contributed by atoms with E-state index in [1.54, 1.807) is 0 Å². The molecule has 0 radical (unpaired) electrons. The number of aliphatic hydroxyl groups is 1. The molecule has 0 aliphatic rings. The number of benzene rings is 2. The molecule has 0 fully saturated rings. The zero-order chi connectivity index (χ0) is 14.0. The van der Waals surface area contributed by atoms with Crippen LogP contribution in [0.3, 0.4) is 0 Å². The molecule has 100 valence electrons. The summed E-state index contributed by atoms with van der Waals surface area (Å²) < 4.78 is 0. The van der Waals surface area contributed by atoms with Crippen molar-refractivity contribution in [3.8, 4) is 0 Å². The van der Waals surface area contributed by atoms with Gasteiger partial charge < -0.3 is 5.11 Å². The summed E-state index contributed by atoms with van der Waals surface area (Å²) in [5.41, 5.74) is 5.53. The van der Waals surface area contributed by atoms with Crippen molar-refractivity contribution in [3.63, 3.8) is 0 Å². The van der Waals surface area contributed by atoms with E-state index in [1.165, 1.54) is 16.7 Å². The van der Waals surface area contributed by atoms with Crippen LogP contribution in [0.5, 0.6) is 0 Å². The smallest absolute Gasteiger partial charge is 0.0833 e. The molecule has 0 aliphatic heterocycles. The van der Waals surface area contributed by atoms with E-state index in [1.807, 2.05) is 31.2 Å². The van der Waals surface area contributed by atoms with Gasteiger partial charge in [0, 0.05) is 11.4 Å². The zero-order valence-electron chi connectivity index (χ0n) is 11.6. The van der Waals surface area contributed by atoms with Gasteiger partial charge in [-0.05, 0) is 54.7 Å². The molecule has 2 aromatic rings. The Morgan fingerprint density at radius 2 is 1.58 bits per heavy atom. The lowest BCUT2D eigenvalue weighted by Crippen LogP contribution is -2.06. The minimum Gasteiger partial charge on any atom is -0.388 e. The molecule has 0 amide bonds. The van der Waals surface area contributed by atoms with Gasteiger partial charge >= 0.3 is 0 Å². The van der Waals surface area contributed by atoms with Gasteiger partial charge in [0.1, 0.15) is 0 Å². The minimum absolute atomic E-state index is 0.515. The maximum Gasteiger partial charge on any atom is 0.0833 e. The van der Waals surface area contributed by atoms with Crippen LogP contribution in [0.1, 0.15) is 33.9 Å². The molecule has 0 aromatic heterocycles. The first-order valence-corrected chi connectivity index (χ1v) is 6.86. The molecule has 0 saturated carbocycles. The molecule has 0 heterocycles. The Kier molecular flexibility index (Phi) is 4.28. The SMILES string of the molecule is Cc1cccc(C)c1CC(O)c1cccc(Cl)c1C. The average Bonchev–Trinajstić information content (AvgIpc) is 2.37. The molecule has 0 spiro atoms. The second-order valence-electron chi connectivity index (χ2n) is 5.04. The van der Waals surface area contributed by atoms with E-state index in [9.17, 15) is 5.11 Å². The fourth-order valence-corrected chi connectivity index (χ4v) is 2.64. The molecule has 0 bridgehead atoms. The van der Waals surface area contributed by atoms with Crippen LogP contribution in [0, 0.1) is 20.8 Å². The molecular weight excluding hydrogens is 256 g/mol. The molecule has 2 aromatic carbocycles. The third-order valence-corrected chi connectivity index (χ3v) is 4.12. The highest BCUT2D eigenvalue weighted by atomic mass is 35.5. The highest BCUT2D eigenvalue weighted by Gasteiger charge is 2.14. The van der Waals surface area contributed by atoms with Crippen molar-refractivity contribution in [2.45, 2.75) is 33.3 Å². The number of hydrogen-bond acceptors (Lipinski definition) is 1. The predicted octanol–water partition coefficient (Wildman–Crippen LogP) is 4.54. The first kappa shape index (κ1) is 14.1. The first-order valence-electron chi connectivity index (χ1n) is 6.49. The Bertz CT molecular complexity index is 570. The van der Waals surface area contributed by atoms with Crippen molar-refractivity contribution in [3.05, 3.63) is 69.2 Å². The molecular formula is C17H19ClO. The van der Waals surface area contributed by atoms with Crippen molar-refractivity contribution in [1.29, 1.82) is 0 Å². The normalized spacial score (nSPS) is 12.5. The topological polar surface area (TPSA) is 20.2 Å². The summed E-state index contributed by atoms with van der Waals surface area (Å²) in [6, 6.07) is 11.9. The molecule has 19 heavy (non-hydrogen) atoms. The summed E-state index contributed by atoms with van der Waals surface area (Å²) in [6.07, 6.45) is 0.109. The second kappa shape index (κ2) is 5.77. The molecule has 1 nitrogen and oxygen atoms in total. The van der Waals surface area contributed by atoms with Gasteiger partial charge in [0.15, 0.2) is 0 Å². The van der Waals surface area contributed by atoms with E-state index >= 15 is 0 Å². The van der Waals surface area contributed by atoms with E-state index in [0.717, 1.165) is 11.1 Å². The van der Waals surface area contributed by atoms with E-state index in [0.29, 0.717) is 11.4 Å². The monoisotopic (exact) mass is 274 g/mol. The van der Waals surface area contributed by atoms with Crippen LogP contribution in [-0.2, 0) is 6.42 Å². The summed E-state index contributed by atoms with van der Waals surface area (Å²) in [7, 11) is 0. The van der Waals surface area contributed by atoms with Gasteiger partial charge in [0.2, 0.25) is 0 Å². The van der Waals surface area contributed by atoms with Crippen LogP contribution in [0.4, 0.5) is 0 Å². The molecule has 1 N–H and O–H groups in total. The average molecular weight is 275 g/mol. The Balaban J connectivity index is 2.31. The van der Waals surface area contributed by atoms with Crippen LogP contribution < -0.4 is 0 Å². The van der Waals surface area contributed by atoms with E-state index in [-0.39, 0.29) is 0 Å². The lowest BCUT2D eigenvalue weighted by atomic mass is 9.93. The van der Waals surface area contributed by atoms with Gasteiger partial charge in [-0.1, -0.05) is 41.9 Å². The molecule has 2 heteroatoms. The van der Waals surface area contributed by atoms with Crippen molar-refractivity contribution in [2.75, 3.05) is 0 Å². The molecule has 1 atom stereocenters. The summed E-state index contributed by atoms with van der Waals surface area (Å²) in [5.74, 6) is 0. The van der Waals surface area contributed by atoms with Crippen molar-refractivity contribution >= 4 is 11.6 Å². The van der Waals surface area contributed by atoms with Gasteiger partial charge in [-0.15, -0.1) is 0 Å². The summed E-state index contributed by atoms with van der Waals surface area (Å²) in [4.78, 5) is 0. The van der Waals surface area contributed by atoms with E-state index in [4.69, 9.17) is 11.6 Å². The molecule has 2 rings (SSSR count). The number of halogens is 1. The Morgan fingerprint density at radius 3 is 2.21 bits per heavy atom. The Labute approximate surface area is 119 Å². The first-order chi connectivity index (χ1) is 9.00. The van der Waals surface area contributed by atoms with Crippen LogP contribution >= 0.6 is 11.6 Å². The highest BCUT2D eigenvalue weighted by Crippen LogP contribution is 2.28. The zero-order valence-corrected chi connectivity index (χ0v) is 12.3. The lowest BCUT2D eigenvalue weighted by Gasteiger charge is -2.17.